The van der Waals surface area contributed by atoms with E-state index in [9.17, 15) is 8.42 Å². The highest BCUT2D eigenvalue weighted by Crippen LogP contribution is 2.21. The molecule has 1 saturated heterocycles. The lowest BCUT2D eigenvalue weighted by Gasteiger charge is -2.23. The van der Waals surface area contributed by atoms with Crippen molar-refractivity contribution < 1.29 is 8.42 Å². The summed E-state index contributed by atoms with van der Waals surface area (Å²) in [4.78, 5) is 0. The van der Waals surface area contributed by atoms with Gasteiger partial charge in [0.2, 0.25) is 9.05 Å². The maximum absolute atomic E-state index is 10.8. The number of nitrogens with one attached hydrogen (secondary N) is 1. The van der Waals surface area contributed by atoms with Gasteiger partial charge in [0.05, 0.1) is 5.75 Å². The van der Waals surface area contributed by atoms with Gasteiger partial charge in [0.25, 0.3) is 0 Å². The van der Waals surface area contributed by atoms with Crippen LogP contribution in [0.15, 0.2) is 12.2 Å². The van der Waals surface area contributed by atoms with E-state index in [0.29, 0.717) is 5.92 Å². The van der Waals surface area contributed by atoms with E-state index in [1.807, 2.05) is 0 Å². The van der Waals surface area contributed by atoms with Gasteiger partial charge in [0.1, 0.15) is 0 Å². The zero-order chi connectivity index (χ0) is 9.90. The lowest BCUT2D eigenvalue weighted by Crippen LogP contribution is -2.29. The molecule has 13 heavy (non-hydrogen) atoms. The molecule has 0 atom stereocenters. The van der Waals surface area contributed by atoms with Crippen LogP contribution in [-0.4, -0.2) is 27.3 Å². The van der Waals surface area contributed by atoms with E-state index in [-0.39, 0.29) is 5.75 Å². The van der Waals surface area contributed by atoms with Crippen LogP contribution in [0.3, 0.4) is 0 Å². The van der Waals surface area contributed by atoms with E-state index in [2.05, 4.69) is 11.9 Å². The second kappa shape index (κ2) is 4.44. The lowest BCUT2D eigenvalue weighted by atomic mass is 9.92. The first-order chi connectivity index (χ1) is 5.99. The predicted octanol–water partition coefficient (Wildman–Crippen LogP) is 1.11. The third kappa shape index (κ3) is 4.11. The van der Waals surface area contributed by atoms with Crippen LogP contribution >= 0.6 is 10.7 Å². The van der Waals surface area contributed by atoms with Gasteiger partial charge in [-0.1, -0.05) is 12.2 Å². The Morgan fingerprint density at radius 1 is 1.46 bits per heavy atom. The summed E-state index contributed by atoms with van der Waals surface area (Å²) in [5, 5.41) is 3.21. The summed E-state index contributed by atoms with van der Waals surface area (Å²) in [5.74, 6) is 0.231. The molecule has 3 nitrogen and oxygen atoms in total. The Labute approximate surface area is 83.6 Å². The van der Waals surface area contributed by atoms with Gasteiger partial charge in [0.15, 0.2) is 0 Å². The van der Waals surface area contributed by atoms with Crippen molar-refractivity contribution in [3.05, 3.63) is 12.2 Å². The molecule has 0 saturated carbocycles. The van der Waals surface area contributed by atoms with Crippen molar-refractivity contribution in [3.63, 3.8) is 0 Å². The Kier molecular flexibility index (Phi) is 3.76. The minimum Gasteiger partial charge on any atom is -0.317 e. The second-order valence-electron chi connectivity index (χ2n) is 3.37. The molecule has 0 spiro atoms. The van der Waals surface area contributed by atoms with Crippen LogP contribution in [0.4, 0.5) is 0 Å². The van der Waals surface area contributed by atoms with Crippen LogP contribution < -0.4 is 5.32 Å². The van der Waals surface area contributed by atoms with Gasteiger partial charge >= 0.3 is 0 Å². The molecule has 1 heterocycles. The number of rotatable bonds is 3. The van der Waals surface area contributed by atoms with E-state index in [1.165, 1.54) is 0 Å². The molecular formula is C8H14ClNO2S. The van der Waals surface area contributed by atoms with Gasteiger partial charge in [-0.3, -0.25) is 0 Å². The average molecular weight is 224 g/mol. The van der Waals surface area contributed by atoms with E-state index >= 15 is 0 Å². The monoisotopic (exact) mass is 223 g/mol. The van der Waals surface area contributed by atoms with Crippen molar-refractivity contribution in [2.75, 3.05) is 18.8 Å². The molecule has 1 aliphatic rings. The highest BCUT2D eigenvalue weighted by molar-refractivity contribution is 8.13. The fraction of sp³-hybridized carbons (Fsp3) is 0.750. The summed E-state index contributed by atoms with van der Waals surface area (Å²) < 4.78 is 21.5. The molecule has 76 valence electrons. The molecule has 1 rings (SSSR count). The highest BCUT2D eigenvalue weighted by atomic mass is 35.7. The van der Waals surface area contributed by atoms with Crippen LogP contribution in [0.1, 0.15) is 12.8 Å². The first kappa shape index (κ1) is 11.0. The molecule has 0 radical (unpaired) electrons. The van der Waals surface area contributed by atoms with Crippen LogP contribution in [0.2, 0.25) is 0 Å². The first-order valence-electron chi connectivity index (χ1n) is 4.30. The molecular weight excluding hydrogens is 210 g/mol. The molecule has 1 fully saturated rings. The van der Waals surface area contributed by atoms with Gasteiger partial charge in [-0.25, -0.2) is 8.42 Å². The van der Waals surface area contributed by atoms with E-state index in [0.717, 1.165) is 31.5 Å². The lowest BCUT2D eigenvalue weighted by molar-refractivity contribution is 0.420. The molecule has 0 aromatic heterocycles. The number of hydrogen-bond acceptors (Lipinski definition) is 3. The van der Waals surface area contributed by atoms with Crippen molar-refractivity contribution >= 4 is 19.7 Å². The summed E-state index contributed by atoms with van der Waals surface area (Å²) in [6.45, 7) is 5.65. The maximum Gasteiger partial charge on any atom is 0.236 e. The molecule has 1 aliphatic heterocycles. The Morgan fingerprint density at radius 2 is 2.00 bits per heavy atom. The number of hydrogen-bond donors (Lipinski definition) is 1. The van der Waals surface area contributed by atoms with Crippen LogP contribution in [-0.2, 0) is 9.05 Å². The van der Waals surface area contributed by atoms with Gasteiger partial charge in [0, 0.05) is 10.7 Å². The minimum absolute atomic E-state index is 0.0841. The van der Waals surface area contributed by atoms with Crippen molar-refractivity contribution in [1.29, 1.82) is 0 Å². The van der Waals surface area contributed by atoms with Gasteiger partial charge in [-0.2, -0.15) is 0 Å². The Balaban J connectivity index is 2.47. The van der Waals surface area contributed by atoms with Gasteiger partial charge in [-0.05, 0) is 31.8 Å². The predicted molar refractivity (Wildman–Crippen MR) is 54.4 cm³/mol. The van der Waals surface area contributed by atoms with Crippen molar-refractivity contribution in [3.8, 4) is 0 Å². The summed E-state index contributed by atoms with van der Waals surface area (Å²) in [5.41, 5.74) is 0.747. The molecule has 5 heteroatoms. The minimum atomic E-state index is -3.42. The second-order valence-corrected chi connectivity index (χ2v) is 6.14. The molecule has 0 bridgehead atoms. The van der Waals surface area contributed by atoms with Gasteiger partial charge in [-0.15, -0.1) is 0 Å². The standard InChI is InChI=1S/C8H14ClNO2S/c1-7(6-13(9,11)12)8-2-4-10-5-3-8/h8,10H,1-6H2. The van der Waals surface area contributed by atoms with Crippen LogP contribution in [0, 0.1) is 5.92 Å². The molecule has 1 N–H and O–H groups in total. The van der Waals surface area contributed by atoms with E-state index in [4.69, 9.17) is 10.7 Å². The van der Waals surface area contributed by atoms with E-state index in [1.54, 1.807) is 0 Å². The molecule has 0 aromatic carbocycles. The highest BCUT2D eigenvalue weighted by Gasteiger charge is 2.19. The van der Waals surface area contributed by atoms with E-state index < -0.39 is 9.05 Å². The molecule has 0 aromatic rings. The summed E-state index contributed by atoms with van der Waals surface area (Å²) in [7, 11) is 1.72. The molecule has 0 amide bonds. The third-order valence-electron chi connectivity index (χ3n) is 2.27. The number of piperidine rings is 1. The van der Waals surface area contributed by atoms with Crippen LogP contribution in [0.5, 0.6) is 0 Å². The normalized spacial score (nSPS) is 20.1. The quantitative estimate of drug-likeness (QED) is 0.576. The van der Waals surface area contributed by atoms with Crippen LogP contribution in [0.25, 0.3) is 0 Å². The first-order valence-corrected chi connectivity index (χ1v) is 6.77. The van der Waals surface area contributed by atoms with Gasteiger partial charge < -0.3 is 5.32 Å². The largest absolute Gasteiger partial charge is 0.317 e. The van der Waals surface area contributed by atoms with Crippen molar-refractivity contribution in [1.82, 2.24) is 5.32 Å². The maximum atomic E-state index is 10.8. The Bertz CT molecular complexity index is 281. The smallest absolute Gasteiger partial charge is 0.236 e. The van der Waals surface area contributed by atoms with Crippen molar-refractivity contribution in [2.45, 2.75) is 12.8 Å². The zero-order valence-corrected chi connectivity index (χ0v) is 9.00. The number of halogens is 1. The summed E-state index contributed by atoms with van der Waals surface area (Å²) >= 11 is 0. The molecule has 0 aliphatic carbocycles. The third-order valence-corrected chi connectivity index (χ3v) is 3.32. The SMILES string of the molecule is C=C(CS(=O)(=O)Cl)C1CCNCC1. The average Bonchev–Trinajstić information content (AvgIpc) is 2.03. The fourth-order valence-electron chi connectivity index (χ4n) is 1.57. The topological polar surface area (TPSA) is 46.2 Å². The molecule has 0 unspecified atom stereocenters. The Morgan fingerprint density at radius 3 is 2.46 bits per heavy atom. The zero-order valence-electron chi connectivity index (χ0n) is 7.42. The summed E-state index contributed by atoms with van der Waals surface area (Å²) in [6.07, 6.45) is 1.93. The Hall–Kier alpha value is -0.0600. The van der Waals surface area contributed by atoms with Crippen molar-refractivity contribution in [2.24, 2.45) is 5.92 Å². The summed E-state index contributed by atoms with van der Waals surface area (Å²) in [6, 6.07) is 0. The fourth-order valence-corrected chi connectivity index (χ4v) is 2.67.